The Balaban J connectivity index is 2.94. The van der Waals surface area contributed by atoms with Gasteiger partial charge in [-0.25, -0.2) is 17.9 Å². The highest BCUT2D eigenvalue weighted by Gasteiger charge is 2.17. The van der Waals surface area contributed by atoms with Crippen LogP contribution in [0.3, 0.4) is 0 Å². The summed E-state index contributed by atoms with van der Waals surface area (Å²) in [6.07, 6.45) is 0. The zero-order chi connectivity index (χ0) is 14.6. The number of amides is 1. The second kappa shape index (κ2) is 6.09. The van der Waals surface area contributed by atoms with Gasteiger partial charge in [-0.05, 0) is 25.1 Å². The Morgan fingerprint density at radius 3 is 2.63 bits per heavy atom. The Morgan fingerprint density at radius 1 is 1.53 bits per heavy atom. The minimum Gasteiger partial charge on any atom is -0.383 e. The highest BCUT2D eigenvalue weighted by molar-refractivity contribution is 7.89. The third kappa shape index (κ3) is 4.27. The largest absolute Gasteiger partial charge is 0.383 e. The molecule has 0 aromatic heterocycles. The smallest absolute Gasteiger partial charge is 0.254 e. The average molecular weight is 290 g/mol. The minimum atomic E-state index is -3.99. The second-order valence-corrected chi connectivity index (χ2v) is 5.58. The molecule has 1 aromatic rings. The molecule has 0 radical (unpaired) electrons. The number of benzene rings is 1. The lowest BCUT2D eigenvalue weighted by atomic mass is 10.2. The van der Waals surface area contributed by atoms with E-state index in [1.54, 1.807) is 6.92 Å². The lowest BCUT2D eigenvalue weighted by Crippen LogP contribution is -2.36. The van der Waals surface area contributed by atoms with Crippen LogP contribution in [0.15, 0.2) is 23.1 Å². The summed E-state index contributed by atoms with van der Waals surface area (Å²) in [5.41, 5.74) is -0.254. The van der Waals surface area contributed by atoms with Gasteiger partial charge in [0, 0.05) is 13.2 Å². The van der Waals surface area contributed by atoms with Gasteiger partial charge in [0.2, 0.25) is 10.0 Å². The van der Waals surface area contributed by atoms with Crippen molar-refractivity contribution in [2.45, 2.75) is 17.9 Å². The monoisotopic (exact) mass is 290 g/mol. The first-order valence-electron chi connectivity index (χ1n) is 5.38. The lowest BCUT2D eigenvalue weighted by molar-refractivity contribution is 0.0901. The maximum absolute atomic E-state index is 13.7. The number of rotatable bonds is 5. The number of sulfonamides is 1. The van der Waals surface area contributed by atoms with Crippen LogP contribution in [0.1, 0.15) is 17.3 Å². The van der Waals surface area contributed by atoms with Crippen molar-refractivity contribution >= 4 is 15.9 Å². The third-order valence-corrected chi connectivity index (χ3v) is 3.22. The molecule has 1 rings (SSSR count). The van der Waals surface area contributed by atoms with Crippen molar-refractivity contribution in [3.05, 3.63) is 29.6 Å². The van der Waals surface area contributed by atoms with E-state index >= 15 is 0 Å². The fraction of sp³-hybridized carbons (Fsp3) is 0.364. The van der Waals surface area contributed by atoms with Gasteiger partial charge >= 0.3 is 0 Å². The highest BCUT2D eigenvalue weighted by Crippen LogP contribution is 2.13. The van der Waals surface area contributed by atoms with Crippen LogP contribution >= 0.6 is 0 Å². The molecular formula is C11H15FN2O4S. The predicted octanol–water partition coefficient (Wildman–Crippen LogP) is 0.238. The molecular weight excluding hydrogens is 275 g/mol. The third-order valence-electron chi connectivity index (χ3n) is 2.31. The van der Waals surface area contributed by atoms with Gasteiger partial charge < -0.3 is 10.1 Å². The van der Waals surface area contributed by atoms with Crippen molar-refractivity contribution in [1.29, 1.82) is 0 Å². The SMILES string of the molecule is COCC(C)NC(=O)c1ccc(S(N)(=O)=O)cc1F. The van der Waals surface area contributed by atoms with E-state index < -0.39 is 21.7 Å². The molecule has 0 aliphatic carbocycles. The Kier molecular flexibility index (Phi) is 4.98. The predicted molar refractivity (Wildman–Crippen MR) is 66.6 cm³/mol. The van der Waals surface area contributed by atoms with E-state index in [1.165, 1.54) is 7.11 Å². The number of hydrogen-bond donors (Lipinski definition) is 2. The Hall–Kier alpha value is -1.51. The number of halogens is 1. The summed E-state index contributed by atoms with van der Waals surface area (Å²) in [5.74, 6) is -1.60. The number of ether oxygens (including phenoxy) is 1. The van der Waals surface area contributed by atoms with Crippen LogP contribution in [-0.2, 0) is 14.8 Å². The molecule has 8 heteroatoms. The van der Waals surface area contributed by atoms with Crippen LogP contribution in [0.2, 0.25) is 0 Å². The zero-order valence-electron chi connectivity index (χ0n) is 10.5. The Morgan fingerprint density at radius 2 is 2.16 bits per heavy atom. The van der Waals surface area contributed by atoms with E-state index in [9.17, 15) is 17.6 Å². The fourth-order valence-electron chi connectivity index (χ4n) is 1.45. The summed E-state index contributed by atoms with van der Waals surface area (Å²) >= 11 is 0. The fourth-order valence-corrected chi connectivity index (χ4v) is 1.98. The van der Waals surface area contributed by atoms with Crippen molar-refractivity contribution in [2.24, 2.45) is 5.14 Å². The van der Waals surface area contributed by atoms with Gasteiger partial charge in [-0.15, -0.1) is 0 Å². The maximum atomic E-state index is 13.7. The molecule has 1 amide bonds. The molecule has 19 heavy (non-hydrogen) atoms. The molecule has 0 bridgehead atoms. The second-order valence-electron chi connectivity index (χ2n) is 4.02. The van der Waals surface area contributed by atoms with E-state index in [-0.39, 0.29) is 23.1 Å². The minimum absolute atomic E-state index is 0.254. The summed E-state index contributed by atoms with van der Waals surface area (Å²) in [6, 6.07) is 2.57. The first kappa shape index (κ1) is 15.5. The molecule has 0 heterocycles. The highest BCUT2D eigenvalue weighted by atomic mass is 32.2. The normalized spacial score (nSPS) is 13.1. The zero-order valence-corrected chi connectivity index (χ0v) is 11.3. The van der Waals surface area contributed by atoms with Crippen molar-refractivity contribution in [2.75, 3.05) is 13.7 Å². The van der Waals surface area contributed by atoms with Crippen LogP contribution in [0.5, 0.6) is 0 Å². The number of carbonyl (C=O) groups is 1. The summed E-state index contributed by atoms with van der Waals surface area (Å²) < 4.78 is 40.5. The summed E-state index contributed by atoms with van der Waals surface area (Å²) in [6.45, 7) is 1.97. The van der Waals surface area contributed by atoms with Crippen LogP contribution in [-0.4, -0.2) is 34.1 Å². The molecule has 106 valence electrons. The van der Waals surface area contributed by atoms with E-state index in [1.807, 2.05) is 0 Å². The summed E-state index contributed by atoms with van der Waals surface area (Å²) in [5, 5.41) is 7.37. The van der Waals surface area contributed by atoms with Gasteiger partial charge in [-0.1, -0.05) is 0 Å². The summed E-state index contributed by atoms with van der Waals surface area (Å²) in [4.78, 5) is 11.3. The number of methoxy groups -OCH3 is 1. The summed E-state index contributed by atoms with van der Waals surface area (Å²) in [7, 11) is -2.51. The quantitative estimate of drug-likeness (QED) is 0.811. The number of nitrogens with one attached hydrogen (secondary N) is 1. The number of hydrogen-bond acceptors (Lipinski definition) is 4. The molecule has 0 aliphatic heterocycles. The van der Waals surface area contributed by atoms with Crippen molar-refractivity contribution in [1.82, 2.24) is 5.32 Å². The van der Waals surface area contributed by atoms with E-state index in [2.05, 4.69) is 5.32 Å². The van der Waals surface area contributed by atoms with Crippen molar-refractivity contribution in [3.8, 4) is 0 Å². The van der Waals surface area contributed by atoms with Crippen LogP contribution in [0.25, 0.3) is 0 Å². The molecule has 0 fully saturated rings. The topological polar surface area (TPSA) is 98.5 Å². The Labute approximate surface area is 110 Å². The number of nitrogens with two attached hydrogens (primary N) is 1. The van der Waals surface area contributed by atoms with Gasteiger partial charge in [0.15, 0.2) is 0 Å². The number of primary sulfonamides is 1. The number of carbonyl (C=O) groups excluding carboxylic acids is 1. The molecule has 0 saturated carbocycles. The van der Waals surface area contributed by atoms with Crippen molar-refractivity contribution < 1.29 is 22.3 Å². The van der Waals surface area contributed by atoms with Gasteiger partial charge in [-0.2, -0.15) is 0 Å². The molecule has 6 nitrogen and oxygen atoms in total. The Bertz CT molecular complexity index is 574. The molecule has 1 atom stereocenters. The molecule has 1 unspecified atom stereocenters. The van der Waals surface area contributed by atoms with Crippen LogP contribution in [0.4, 0.5) is 4.39 Å². The van der Waals surface area contributed by atoms with Crippen LogP contribution in [0, 0.1) is 5.82 Å². The molecule has 3 N–H and O–H groups in total. The standard InChI is InChI=1S/C11H15FN2O4S/c1-7(6-18-2)14-11(15)9-4-3-8(5-10(9)12)19(13,16)17/h3-5,7H,6H2,1-2H3,(H,14,15)(H2,13,16,17). The van der Waals surface area contributed by atoms with Crippen molar-refractivity contribution in [3.63, 3.8) is 0 Å². The van der Waals surface area contributed by atoms with Gasteiger partial charge in [0.05, 0.1) is 17.1 Å². The maximum Gasteiger partial charge on any atom is 0.254 e. The van der Waals surface area contributed by atoms with Crippen LogP contribution < -0.4 is 10.5 Å². The van der Waals surface area contributed by atoms with Gasteiger partial charge in [0.25, 0.3) is 5.91 Å². The van der Waals surface area contributed by atoms with E-state index in [0.29, 0.717) is 6.07 Å². The molecule has 1 aromatic carbocycles. The molecule has 0 saturated heterocycles. The van der Waals surface area contributed by atoms with Gasteiger partial charge in [-0.3, -0.25) is 4.79 Å². The lowest BCUT2D eigenvalue weighted by Gasteiger charge is -2.13. The van der Waals surface area contributed by atoms with E-state index in [0.717, 1.165) is 12.1 Å². The first-order valence-corrected chi connectivity index (χ1v) is 6.92. The van der Waals surface area contributed by atoms with E-state index in [4.69, 9.17) is 9.88 Å². The molecule has 0 aliphatic rings. The first-order chi connectivity index (χ1) is 8.75. The molecule has 0 spiro atoms. The van der Waals surface area contributed by atoms with Gasteiger partial charge in [0.1, 0.15) is 5.82 Å². The average Bonchev–Trinajstić information content (AvgIpc) is 2.27.